The predicted octanol–water partition coefficient (Wildman–Crippen LogP) is 1.94. The van der Waals surface area contributed by atoms with Crippen molar-refractivity contribution in [2.45, 2.75) is 13.5 Å². The fraction of sp³-hybridized carbons (Fsp3) is 0.200. The van der Waals surface area contributed by atoms with Gasteiger partial charge in [0.25, 0.3) is 5.56 Å². The molecule has 8 nitrogen and oxygen atoms in total. The van der Waals surface area contributed by atoms with Crippen molar-refractivity contribution >= 4 is 16.9 Å². The van der Waals surface area contributed by atoms with Gasteiger partial charge in [-0.25, -0.2) is 9.78 Å². The van der Waals surface area contributed by atoms with E-state index in [1.807, 2.05) is 24.3 Å². The summed E-state index contributed by atoms with van der Waals surface area (Å²) in [5, 5.41) is 4.11. The number of hydrogen-bond acceptors (Lipinski definition) is 5. The third-order valence-electron chi connectivity index (χ3n) is 4.95. The topological polar surface area (TPSA) is 97.6 Å². The van der Waals surface area contributed by atoms with Crippen LogP contribution in [0.15, 0.2) is 52.4 Å². The van der Waals surface area contributed by atoms with Gasteiger partial charge in [0.05, 0.1) is 5.56 Å². The minimum absolute atomic E-state index is 0.326. The van der Waals surface area contributed by atoms with E-state index in [1.165, 1.54) is 11.6 Å². The molecule has 0 fully saturated rings. The van der Waals surface area contributed by atoms with Gasteiger partial charge < -0.3 is 14.9 Å². The lowest BCUT2D eigenvalue weighted by Gasteiger charge is -2.14. The lowest BCUT2D eigenvalue weighted by atomic mass is 10.0. The van der Waals surface area contributed by atoms with Crippen LogP contribution in [0.4, 0.5) is 5.82 Å². The van der Waals surface area contributed by atoms with Crippen molar-refractivity contribution in [1.82, 2.24) is 24.1 Å². The molecule has 142 valence electrons. The molecule has 0 aliphatic carbocycles. The van der Waals surface area contributed by atoms with E-state index < -0.39 is 0 Å². The summed E-state index contributed by atoms with van der Waals surface area (Å²) in [4.78, 5) is 36.9. The Labute approximate surface area is 160 Å². The highest BCUT2D eigenvalue weighted by molar-refractivity contribution is 5.95. The molecule has 4 aromatic rings. The van der Waals surface area contributed by atoms with Crippen LogP contribution < -0.4 is 16.6 Å². The van der Waals surface area contributed by atoms with Crippen molar-refractivity contribution in [3.05, 3.63) is 75.0 Å². The van der Waals surface area contributed by atoms with Crippen molar-refractivity contribution in [3.63, 3.8) is 0 Å². The first kappa shape index (κ1) is 17.7. The first-order valence-electron chi connectivity index (χ1n) is 8.85. The van der Waals surface area contributed by atoms with Gasteiger partial charge in [-0.05, 0) is 30.7 Å². The van der Waals surface area contributed by atoms with Crippen LogP contribution in [0.25, 0.3) is 22.2 Å². The number of pyridine rings is 2. The number of aromatic amines is 1. The van der Waals surface area contributed by atoms with E-state index in [0.717, 1.165) is 21.1 Å². The molecule has 0 bridgehead atoms. The van der Waals surface area contributed by atoms with Crippen molar-refractivity contribution in [2.75, 3.05) is 5.32 Å². The Morgan fingerprint density at radius 3 is 2.75 bits per heavy atom. The lowest BCUT2D eigenvalue weighted by molar-refractivity contribution is 0.671. The monoisotopic (exact) mass is 376 g/mol. The number of anilines is 1. The Bertz CT molecular complexity index is 1280. The molecule has 0 saturated carbocycles. The van der Waals surface area contributed by atoms with Gasteiger partial charge in [0.2, 0.25) is 0 Å². The molecule has 8 heteroatoms. The van der Waals surface area contributed by atoms with Crippen molar-refractivity contribution < 1.29 is 0 Å². The Kier molecular flexibility index (Phi) is 4.31. The highest BCUT2D eigenvalue weighted by Gasteiger charge is 2.18. The van der Waals surface area contributed by atoms with Gasteiger partial charge in [-0.15, -0.1) is 0 Å². The summed E-state index contributed by atoms with van der Waals surface area (Å²) >= 11 is 0. The van der Waals surface area contributed by atoms with E-state index in [-0.39, 0.29) is 11.2 Å². The van der Waals surface area contributed by atoms with E-state index in [4.69, 9.17) is 0 Å². The Balaban J connectivity index is 1.87. The average molecular weight is 376 g/mol. The molecule has 0 unspecified atom stereocenters. The maximum Gasteiger partial charge on any atom is 0.330 e. The third kappa shape index (κ3) is 2.88. The fourth-order valence-electron chi connectivity index (χ4n) is 3.29. The molecular weight excluding hydrogens is 356 g/mol. The Hall–Kier alpha value is -3.68. The van der Waals surface area contributed by atoms with Gasteiger partial charge in [0.15, 0.2) is 0 Å². The summed E-state index contributed by atoms with van der Waals surface area (Å²) in [7, 11) is 3.16. The highest BCUT2D eigenvalue weighted by atomic mass is 16.2. The van der Waals surface area contributed by atoms with Crippen molar-refractivity contribution in [1.29, 1.82) is 0 Å². The maximum atomic E-state index is 12.9. The second kappa shape index (κ2) is 6.80. The van der Waals surface area contributed by atoms with E-state index in [0.29, 0.717) is 29.3 Å². The maximum absolute atomic E-state index is 12.9. The molecule has 4 heterocycles. The number of nitrogens with one attached hydrogen (secondary N) is 2. The molecule has 0 aliphatic rings. The normalized spacial score (nSPS) is 11.1. The third-order valence-corrected chi connectivity index (χ3v) is 4.95. The molecule has 0 aliphatic heterocycles. The molecule has 0 radical (unpaired) electrons. The largest absolute Gasteiger partial charge is 0.366 e. The summed E-state index contributed by atoms with van der Waals surface area (Å²) in [5.74, 6) is 0.629. The van der Waals surface area contributed by atoms with Gasteiger partial charge in [-0.2, -0.15) is 0 Å². The predicted molar refractivity (Wildman–Crippen MR) is 108 cm³/mol. The van der Waals surface area contributed by atoms with Crippen LogP contribution in [0.3, 0.4) is 0 Å². The molecule has 4 aromatic heterocycles. The van der Waals surface area contributed by atoms with Gasteiger partial charge in [0.1, 0.15) is 11.5 Å². The van der Waals surface area contributed by atoms with Gasteiger partial charge in [-0.1, -0.05) is 6.07 Å². The van der Waals surface area contributed by atoms with Crippen LogP contribution in [0, 0.1) is 6.92 Å². The summed E-state index contributed by atoms with van der Waals surface area (Å²) in [6.07, 6.45) is 5.30. The molecule has 0 aromatic carbocycles. The van der Waals surface area contributed by atoms with E-state index in [9.17, 15) is 9.59 Å². The minimum Gasteiger partial charge on any atom is -0.366 e. The standard InChI is InChI=1S/C20H20N6O2/c1-12-17(19(27)26(3)20(28)25(12)2)15-9-16(24-18-14(15)6-8-22-18)23-11-13-5-4-7-21-10-13/h4-10H,11H2,1-3H3,(H2,22,23,24). The molecule has 4 rings (SSSR count). The molecule has 2 N–H and O–H groups in total. The van der Waals surface area contributed by atoms with Crippen LogP contribution >= 0.6 is 0 Å². The molecule has 0 atom stereocenters. The van der Waals surface area contributed by atoms with E-state index >= 15 is 0 Å². The summed E-state index contributed by atoms with van der Waals surface area (Å²) in [6.45, 7) is 2.33. The second-order valence-electron chi connectivity index (χ2n) is 6.68. The number of nitrogens with zero attached hydrogens (tertiary/aromatic N) is 4. The van der Waals surface area contributed by atoms with Gasteiger partial charge >= 0.3 is 5.69 Å². The minimum atomic E-state index is -0.347. The van der Waals surface area contributed by atoms with E-state index in [2.05, 4.69) is 20.3 Å². The van der Waals surface area contributed by atoms with Crippen molar-refractivity contribution in [3.8, 4) is 11.1 Å². The number of aromatic nitrogens is 5. The summed E-state index contributed by atoms with van der Waals surface area (Å²) in [5.41, 5.74) is 2.84. The quantitative estimate of drug-likeness (QED) is 0.567. The van der Waals surface area contributed by atoms with Crippen LogP contribution in [-0.4, -0.2) is 24.1 Å². The highest BCUT2D eigenvalue weighted by Crippen LogP contribution is 2.29. The molecule has 28 heavy (non-hydrogen) atoms. The first-order valence-corrected chi connectivity index (χ1v) is 8.85. The van der Waals surface area contributed by atoms with Crippen molar-refractivity contribution in [2.24, 2.45) is 14.1 Å². The number of hydrogen-bond donors (Lipinski definition) is 2. The Morgan fingerprint density at radius 2 is 2.00 bits per heavy atom. The summed E-state index contributed by atoms with van der Waals surface area (Å²) < 4.78 is 2.61. The molecular formula is C20H20N6O2. The lowest BCUT2D eigenvalue weighted by Crippen LogP contribution is -2.39. The van der Waals surface area contributed by atoms with Gasteiger partial charge in [-0.3, -0.25) is 14.3 Å². The zero-order valence-electron chi connectivity index (χ0n) is 15.9. The average Bonchev–Trinajstić information content (AvgIpc) is 3.19. The zero-order chi connectivity index (χ0) is 19.8. The fourth-order valence-corrected chi connectivity index (χ4v) is 3.29. The molecule has 0 spiro atoms. The number of fused-ring (bicyclic) bond motifs is 1. The Morgan fingerprint density at radius 1 is 1.18 bits per heavy atom. The second-order valence-corrected chi connectivity index (χ2v) is 6.68. The molecule has 0 amide bonds. The first-order chi connectivity index (χ1) is 13.5. The zero-order valence-corrected chi connectivity index (χ0v) is 15.9. The number of rotatable bonds is 4. The van der Waals surface area contributed by atoms with Crippen LogP contribution in [0.2, 0.25) is 0 Å². The number of H-pyrrole nitrogens is 1. The van der Waals surface area contributed by atoms with E-state index in [1.54, 1.807) is 32.6 Å². The van der Waals surface area contributed by atoms with Crippen LogP contribution in [0.5, 0.6) is 0 Å². The van der Waals surface area contributed by atoms with Gasteiger partial charge in [0, 0.05) is 55.9 Å². The molecule has 0 saturated heterocycles. The summed E-state index contributed by atoms with van der Waals surface area (Å²) in [6, 6.07) is 7.58. The van der Waals surface area contributed by atoms with Crippen LogP contribution in [0.1, 0.15) is 11.3 Å². The smallest absolute Gasteiger partial charge is 0.330 e. The van der Waals surface area contributed by atoms with Crippen LogP contribution in [-0.2, 0) is 20.6 Å². The SMILES string of the molecule is Cc1c(-c2cc(NCc3cccnc3)nc3[nH]ccc23)c(=O)n(C)c(=O)n1C.